The molecule has 1 aliphatic rings. The molecular formula is C11H13O6V. The maximum atomic E-state index is 9.35. The summed E-state index contributed by atoms with van der Waals surface area (Å²) in [5.41, 5.74) is 0. The molecule has 0 fully saturated rings. The van der Waals surface area contributed by atoms with Gasteiger partial charge in [0.2, 0.25) is 0 Å². The fourth-order valence-corrected chi connectivity index (χ4v) is 0.735. The third kappa shape index (κ3) is 14.1. The molecule has 0 aromatic carbocycles. The van der Waals surface area contributed by atoms with Gasteiger partial charge in [0.05, 0.1) is 0 Å². The fraction of sp³-hybridized carbons (Fsp3) is 0.0909. The van der Waals surface area contributed by atoms with E-state index in [1.54, 1.807) is 0 Å². The number of aliphatic hydroxyl groups excluding tert-OH is 2. The standard InChI is InChI=1S/C5H5.2C3H4O3.V/c1-2-4-5-3-1;2*1-2(4)3(5)6;/h1-3H,4H2;2*4H,1H2,(H,5,6);. The summed E-state index contributed by atoms with van der Waals surface area (Å²) >= 11 is 2.54. The summed E-state index contributed by atoms with van der Waals surface area (Å²) in [6.07, 6.45) is 7.47. The molecule has 0 radical (unpaired) electrons. The molecule has 7 heteroatoms. The van der Waals surface area contributed by atoms with Crippen LogP contribution >= 0.6 is 0 Å². The molecule has 0 aromatic rings. The normalized spacial score (nSPS) is 11.0. The first kappa shape index (κ1) is 18.4. The molecule has 0 atom stereocenters. The molecule has 0 spiro atoms. The van der Waals surface area contributed by atoms with Crippen LogP contribution in [0, 0.1) is 0 Å². The van der Waals surface area contributed by atoms with E-state index in [1.165, 1.54) is 4.28 Å². The predicted molar refractivity (Wildman–Crippen MR) is 60.6 cm³/mol. The van der Waals surface area contributed by atoms with Gasteiger partial charge in [0.25, 0.3) is 0 Å². The molecule has 0 heterocycles. The van der Waals surface area contributed by atoms with Crippen molar-refractivity contribution < 1.29 is 47.4 Å². The van der Waals surface area contributed by atoms with E-state index in [9.17, 15) is 9.59 Å². The second-order valence-electron chi connectivity index (χ2n) is 2.79. The Morgan fingerprint density at radius 1 is 1.06 bits per heavy atom. The van der Waals surface area contributed by atoms with Crippen LogP contribution in [0.2, 0.25) is 0 Å². The van der Waals surface area contributed by atoms with Gasteiger partial charge in [0, 0.05) is 0 Å². The van der Waals surface area contributed by atoms with Crippen LogP contribution in [0.3, 0.4) is 0 Å². The quantitative estimate of drug-likeness (QED) is 0.454. The van der Waals surface area contributed by atoms with E-state index in [2.05, 4.69) is 48.8 Å². The average molecular weight is 292 g/mol. The van der Waals surface area contributed by atoms with Gasteiger partial charge in [-0.3, -0.25) is 0 Å². The zero-order chi connectivity index (χ0) is 14.7. The zero-order valence-electron chi connectivity index (χ0n) is 9.41. The SMILES string of the molecule is C=C(O)C(=O)O.C=C(O)C(=O)O.[V][C]1=CC=CC1. The predicted octanol–water partition coefficient (Wildman–Crippen LogP) is 1.66. The number of aliphatic carboxylic acids is 2. The van der Waals surface area contributed by atoms with Crippen molar-refractivity contribution in [3.05, 3.63) is 47.2 Å². The first-order chi connectivity index (χ1) is 8.18. The summed E-state index contributed by atoms with van der Waals surface area (Å²) in [5, 5.41) is 31.0. The van der Waals surface area contributed by atoms with E-state index >= 15 is 0 Å². The first-order valence-corrected chi connectivity index (χ1v) is 5.15. The number of hydrogen-bond acceptors (Lipinski definition) is 4. The molecule has 0 saturated heterocycles. The van der Waals surface area contributed by atoms with Crippen molar-refractivity contribution in [2.75, 3.05) is 0 Å². The van der Waals surface area contributed by atoms with E-state index in [4.69, 9.17) is 20.4 Å². The number of rotatable bonds is 2. The molecule has 0 aromatic heterocycles. The van der Waals surface area contributed by atoms with Gasteiger partial charge in [-0.1, -0.05) is 0 Å². The van der Waals surface area contributed by atoms with E-state index in [0.29, 0.717) is 0 Å². The van der Waals surface area contributed by atoms with E-state index in [-0.39, 0.29) is 0 Å². The van der Waals surface area contributed by atoms with Crippen LogP contribution in [0.5, 0.6) is 0 Å². The molecule has 1 rings (SSSR count). The molecule has 0 saturated carbocycles. The van der Waals surface area contributed by atoms with Gasteiger partial charge in [-0.05, 0) is 13.2 Å². The zero-order valence-corrected chi connectivity index (χ0v) is 10.8. The van der Waals surface area contributed by atoms with Gasteiger partial charge in [-0.25, -0.2) is 9.59 Å². The van der Waals surface area contributed by atoms with Gasteiger partial charge >= 0.3 is 58.3 Å². The second kappa shape index (κ2) is 10.3. The van der Waals surface area contributed by atoms with Crippen LogP contribution in [-0.2, 0) is 27.0 Å². The van der Waals surface area contributed by atoms with Crippen molar-refractivity contribution in [2.45, 2.75) is 6.42 Å². The van der Waals surface area contributed by atoms with Gasteiger partial charge in [0.15, 0.2) is 11.5 Å². The van der Waals surface area contributed by atoms with Crippen LogP contribution in [0.1, 0.15) is 6.42 Å². The van der Waals surface area contributed by atoms with Crippen molar-refractivity contribution in [1.82, 2.24) is 0 Å². The minimum absolute atomic E-state index is 0.824. The van der Waals surface area contributed by atoms with Crippen LogP contribution in [0.25, 0.3) is 0 Å². The Hall–Kier alpha value is -1.92. The topological polar surface area (TPSA) is 115 Å². The number of carbonyl (C=O) groups is 2. The van der Waals surface area contributed by atoms with Gasteiger partial charge in [-0.2, -0.15) is 0 Å². The first-order valence-electron chi connectivity index (χ1n) is 4.45. The molecular weight excluding hydrogens is 279 g/mol. The number of carboxylic acids is 2. The van der Waals surface area contributed by atoms with Crippen molar-refractivity contribution in [1.29, 1.82) is 0 Å². The Morgan fingerprint density at radius 3 is 1.44 bits per heavy atom. The molecule has 4 N–H and O–H groups in total. The summed E-state index contributed by atoms with van der Waals surface area (Å²) in [6.45, 7) is 5.42. The Kier molecular flexibility index (Phi) is 10.5. The summed E-state index contributed by atoms with van der Waals surface area (Å²) in [4.78, 5) is 18.7. The molecule has 0 amide bonds. The molecule has 1 aliphatic carbocycles. The molecule has 6 nitrogen and oxygen atoms in total. The van der Waals surface area contributed by atoms with Gasteiger partial charge in [-0.15, -0.1) is 0 Å². The van der Waals surface area contributed by atoms with E-state index in [1.807, 2.05) is 0 Å². The Balaban J connectivity index is 0. The van der Waals surface area contributed by atoms with Gasteiger partial charge < -0.3 is 20.4 Å². The monoisotopic (exact) mass is 292 g/mol. The van der Waals surface area contributed by atoms with Crippen molar-refractivity contribution in [3.8, 4) is 0 Å². The van der Waals surface area contributed by atoms with Gasteiger partial charge in [0.1, 0.15) is 0 Å². The fourth-order valence-electron chi connectivity index (χ4n) is 0.436. The molecule has 0 unspecified atom stereocenters. The van der Waals surface area contributed by atoms with Crippen molar-refractivity contribution in [3.63, 3.8) is 0 Å². The van der Waals surface area contributed by atoms with Crippen LogP contribution in [0.15, 0.2) is 47.2 Å². The molecule has 0 bridgehead atoms. The third-order valence-corrected chi connectivity index (χ3v) is 1.76. The summed E-state index contributed by atoms with van der Waals surface area (Å²) in [6, 6.07) is 0. The summed E-state index contributed by atoms with van der Waals surface area (Å²) < 4.78 is 1.41. The number of hydrogen-bond donors (Lipinski definition) is 4. The van der Waals surface area contributed by atoms with Crippen molar-refractivity contribution >= 4 is 11.9 Å². The third-order valence-electron chi connectivity index (χ3n) is 1.25. The summed E-state index contributed by atoms with van der Waals surface area (Å²) in [5.74, 6) is -4.41. The average Bonchev–Trinajstić information content (AvgIpc) is 2.70. The number of aliphatic hydroxyl groups is 2. The molecule has 0 aliphatic heterocycles. The van der Waals surface area contributed by atoms with E-state index in [0.717, 1.165) is 6.42 Å². The second-order valence-corrected chi connectivity index (χ2v) is 3.69. The molecule has 18 heavy (non-hydrogen) atoms. The maximum absolute atomic E-state index is 9.35. The number of allylic oxidation sites excluding steroid dienone is 4. The molecule has 98 valence electrons. The van der Waals surface area contributed by atoms with Crippen LogP contribution < -0.4 is 0 Å². The summed E-state index contributed by atoms with van der Waals surface area (Å²) in [7, 11) is 0. The van der Waals surface area contributed by atoms with Crippen LogP contribution in [0.4, 0.5) is 0 Å². The Labute approximate surface area is 113 Å². The Bertz CT molecular complexity index is 346. The minimum atomic E-state index is -1.38. The number of carboxylic acid groups (broad SMARTS) is 2. The van der Waals surface area contributed by atoms with E-state index < -0.39 is 23.5 Å². The van der Waals surface area contributed by atoms with Crippen LogP contribution in [-0.4, -0.2) is 32.4 Å². The Morgan fingerprint density at radius 2 is 1.39 bits per heavy atom. The van der Waals surface area contributed by atoms with Crippen molar-refractivity contribution in [2.24, 2.45) is 0 Å².